The van der Waals surface area contributed by atoms with Gasteiger partial charge in [-0.1, -0.05) is 51.8 Å². The molecule has 0 amide bonds. The summed E-state index contributed by atoms with van der Waals surface area (Å²) in [4.78, 5) is 12.6. The number of benzene rings is 2. The first-order valence-corrected chi connectivity index (χ1v) is 7.09. The minimum atomic E-state index is -0.770. The maximum Gasteiger partial charge on any atom is 0.184 e. The van der Waals surface area contributed by atoms with Gasteiger partial charge in [0.25, 0.3) is 0 Å². The summed E-state index contributed by atoms with van der Waals surface area (Å²) in [5.41, 5.74) is 3.34. The van der Waals surface area contributed by atoms with Crippen molar-refractivity contribution in [1.29, 1.82) is 5.26 Å². The van der Waals surface area contributed by atoms with Crippen molar-refractivity contribution in [2.24, 2.45) is 0 Å². The molecule has 20 heavy (non-hydrogen) atoms. The van der Waals surface area contributed by atoms with E-state index in [1.807, 2.05) is 44.2 Å². The van der Waals surface area contributed by atoms with Crippen LogP contribution in [0.25, 0.3) is 0 Å². The predicted octanol–water partition coefficient (Wildman–Crippen LogP) is 4.56. The van der Waals surface area contributed by atoms with Crippen molar-refractivity contribution >= 4 is 21.7 Å². The molecule has 0 aliphatic rings. The maximum atomic E-state index is 12.6. The van der Waals surface area contributed by atoms with Gasteiger partial charge in [0, 0.05) is 10.0 Å². The van der Waals surface area contributed by atoms with Crippen LogP contribution in [-0.2, 0) is 0 Å². The number of carbonyl (C=O) groups is 1. The Morgan fingerprint density at radius 3 is 2.55 bits per heavy atom. The van der Waals surface area contributed by atoms with Crippen LogP contribution in [0, 0.1) is 25.2 Å². The third kappa shape index (κ3) is 2.97. The Morgan fingerprint density at radius 1 is 1.20 bits per heavy atom. The van der Waals surface area contributed by atoms with Crippen LogP contribution in [0.5, 0.6) is 0 Å². The molecule has 0 aromatic heterocycles. The SMILES string of the molecule is Cc1ccc(C(=O)C(C#N)c2cccc(Br)c2)c(C)c1. The number of Topliss-reactive ketones (excluding diaryl/α,β-unsaturated/α-hetero) is 1. The quantitative estimate of drug-likeness (QED) is 0.775. The van der Waals surface area contributed by atoms with E-state index in [1.165, 1.54) is 0 Å². The molecule has 2 aromatic rings. The minimum absolute atomic E-state index is 0.150. The molecule has 0 N–H and O–H groups in total. The van der Waals surface area contributed by atoms with E-state index in [9.17, 15) is 10.1 Å². The Kier molecular flexibility index (Phi) is 4.36. The molecule has 0 aliphatic carbocycles. The number of rotatable bonds is 3. The highest BCUT2D eigenvalue weighted by atomic mass is 79.9. The van der Waals surface area contributed by atoms with Crippen LogP contribution >= 0.6 is 15.9 Å². The fourth-order valence-corrected chi connectivity index (χ4v) is 2.63. The molecule has 0 heterocycles. The Morgan fingerprint density at radius 2 is 1.95 bits per heavy atom. The number of carbonyl (C=O) groups excluding carboxylic acids is 1. The topological polar surface area (TPSA) is 40.9 Å². The molecule has 0 radical (unpaired) electrons. The standard InChI is InChI=1S/C17H14BrNO/c1-11-6-7-15(12(2)8-11)17(20)16(10-19)13-4-3-5-14(18)9-13/h3-9,16H,1-2H3. The molecule has 0 aliphatic heterocycles. The lowest BCUT2D eigenvalue weighted by Gasteiger charge is -2.11. The molecule has 2 aromatic carbocycles. The lowest BCUT2D eigenvalue weighted by atomic mass is 9.89. The maximum absolute atomic E-state index is 12.6. The van der Waals surface area contributed by atoms with E-state index >= 15 is 0 Å². The summed E-state index contributed by atoms with van der Waals surface area (Å²) in [6, 6.07) is 15.1. The predicted molar refractivity (Wildman–Crippen MR) is 82.7 cm³/mol. The van der Waals surface area contributed by atoms with Gasteiger partial charge in [-0.2, -0.15) is 5.26 Å². The zero-order chi connectivity index (χ0) is 14.7. The van der Waals surface area contributed by atoms with E-state index in [2.05, 4.69) is 22.0 Å². The Bertz CT molecular complexity index is 700. The number of hydrogen-bond donors (Lipinski definition) is 0. The summed E-state index contributed by atoms with van der Waals surface area (Å²) in [5.74, 6) is -0.919. The van der Waals surface area contributed by atoms with Crippen molar-refractivity contribution in [3.63, 3.8) is 0 Å². The van der Waals surface area contributed by atoms with Crippen LogP contribution in [0.1, 0.15) is 33.0 Å². The van der Waals surface area contributed by atoms with E-state index in [4.69, 9.17) is 0 Å². The minimum Gasteiger partial charge on any atom is -0.292 e. The molecule has 2 rings (SSSR count). The molecule has 2 nitrogen and oxygen atoms in total. The summed E-state index contributed by atoms with van der Waals surface area (Å²) in [7, 11) is 0. The van der Waals surface area contributed by atoms with Crippen molar-refractivity contribution < 1.29 is 4.79 Å². The van der Waals surface area contributed by atoms with E-state index in [1.54, 1.807) is 12.1 Å². The molecule has 0 saturated heterocycles. The smallest absolute Gasteiger partial charge is 0.184 e. The van der Waals surface area contributed by atoms with Gasteiger partial charge in [0.15, 0.2) is 5.78 Å². The van der Waals surface area contributed by atoms with Crippen LogP contribution in [0.15, 0.2) is 46.9 Å². The normalized spacial score (nSPS) is 11.7. The summed E-state index contributed by atoms with van der Waals surface area (Å²) in [5, 5.41) is 9.36. The molecular formula is C17H14BrNO. The van der Waals surface area contributed by atoms with E-state index in [0.29, 0.717) is 11.1 Å². The van der Waals surface area contributed by atoms with Gasteiger partial charge in [-0.25, -0.2) is 0 Å². The second-order valence-corrected chi connectivity index (χ2v) is 5.72. The van der Waals surface area contributed by atoms with Crippen molar-refractivity contribution in [2.45, 2.75) is 19.8 Å². The molecule has 1 atom stereocenters. The van der Waals surface area contributed by atoms with E-state index < -0.39 is 5.92 Å². The second-order valence-electron chi connectivity index (χ2n) is 4.80. The summed E-state index contributed by atoms with van der Waals surface area (Å²) in [6.07, 6.45) is 0. The molecule has 3 heteroatoms. The molecule has 0 spiro atoms. The molecule has 0 bridgehead atoms. The lowest BCUT2D eigenvalue weighted by molar-refractivity contribution is 0.0978. The van der Waals surface area contributed by atoms with Crippen LogP contribution in [0.4, 0.5) is 0 Å². The van der Waals surface area contributed by atoms with E-state index in [0.717, 1.165) is 15.6 Å². The number of nitrogens with zero attached hydrogens (tertiary/aromatic N) is 1. The Balaban J connectivity index is 2.42. The fraction of sp³-hybridized carbons (Fsp3) is 0.176. The van der Waals surface area contributed by atoms with Gasteiger partial charge in [-0.05, 0) is 37.1 Å². The first-order chi connectivity index (χ1) is 9.52. The highest BCUT2D eigenvalue weighted by Gasteiger charge is 2.23. The zero-order valence-electron chi connectivity index (χ0n) is 11.4. The number of halogens is 1. The second kappa shape index (κ2) is 6.02. The molecule has 0 saturated carbocycles. The van der Waals surface area contributed by atoms with Gasteiger partial charge in [0.2, 0.25) is 0 Å². The largest absolute Gasteiger partial charge is 0.292 e. The molecule has 100 valence electrons. The fourth-order valence-electron chi connectivity index (χ4n) is 2.22. The van der Waals surface area contributed by atoms with Crippen molar-refractivity contribution in [2.75, 3.05) is 0 Å². The van der Waals surface area contributed by atoms with Crippen LogP contribution in [0.2, 0.25) is 0 Å². The van der Waals surface area contributed by atoms with Crippen molar-refractivity contribution in [3.05, 3.63) is 69.2 Å². The zero-order valence-corrected chi connectivity index (χ0v) is 12.9. The Hall–Kier alpha value is -1.92. The monoisotopic (exact) mass is 327 g/mol. The van der Waals surface area contributed by atoms with Crippen molar-refractivity contribution in [1.82, 2.24) is 0 Å². The van der Waals surface area contributed by atoms with Crippen LogP contribution in [0.3, 0.4) is 0 Å². The average Bonchev–Trinajstić information content (AvgIpc) is 2.39. The third-order valence-corrected chi connectivity index (χ3v) is 3.71. The first-order valence-electron chi connectivity index (χ1n) is 6.29. The molecule has 0 fully saturated rings. The van der Waals surface area contributed by atoms with Gasteiger partial charge < -0.3 is 0 Å². The molecular weight excluding hydrogens is 314 g/mol. The highest BCUT2D eigenvalue weighted by Crippen LogP contribution is 2.25. The van der Waals surface area contributed by atoms with Crippen molar-refractivity contribution in [3.8, 4) is 6.07 Å². The van der Waals surface area contributed by atoms with Gasteiger partial charge in [0.1, 0.15) is 5.92 Å². The number of aryl methyl sites for hydroxylation is 2. The lowest BCUT2D eigenvalue weighted by Crippen LogP contribution is -2.12. The van der Waals surface area contributed by atoms with Gasteiger partial charge in [0.05, 0.1) is 6.07 Å². The Labute approximate surface area is 127 Å². The average molecular weight is 328 g/mol. The number of ketones is 1. The first kappa shape index (κ1) is 14.5. The third-order valence-electron chi connectivity index (χ3n) is 3.22. The van der Waals surface area contributed by atoms with Gasteiger partial charge in [-0.15, -0.1) is 0 Å². The number of nitriles is 1. The van der Waals surface area contributed by atoms with Crippen LogP contribution in [-0.4, -0.2) is 5.78 Å². The summed E-state index contributed by atoms with van der Waals surface area (Å²) >= 11 is 3.37. The summed E-state index contributed by atoms with van der Waals surface area (Å²) in [6.45, 7) is 3.88. The summed E-state index contributed by atoms with van der Waals surface area (Å²) < 4.78 is 0.865. The van der Waals surface area contributed by atoms with Gasteiger partial charge in [-0.3, -0.25) is 4.79 Å². The number of hydrogen-bond acceptors (Lipinski definition) is 2. The van der Waals surface area contributed by atoms with Crippen LogP contribution < -0.4 is 0 Å². The van der Waals surface area contributed by atoms with Gasteiger partial charge >= 0.3 is 0 Å². The van der Waals surface area contributed by atoms with E-state index in [-0.39, 0.29) is 5.78 Å². The molecule has 1 unspecified atom stereocenters. The highest BCUT2D eigenvalue weighted by molar-refractivity contribution is 9.10.